The SMILES string of the molecule is CCNC(=NCc1ccc(C(F)(F)F)cc1)NCCCCN(CC)CC.I. The maximum Gasteiger partial charge on any atom is 0.416 e. The van der Waals surface area contributed by atoms with Crippen molar-refractivity contribution in [2.45, 2.75) is 46.3 Å². The molecule has 2 N–H and O–H groups in total. The van der Waals surface area contributed by atoms with Crippen molar-refractivity contribution in [3.05, 3.63) is 35.4 Å². The number of aliphatic imine (C=N–C) groups is 1. The molecule has 0 saturated heterocycles. The predicted octanol–water partition coefficient (Wildman–Crippen LogP) is 4.50. The molecule has 0 unspecified atom stereocenters. The van der Waals surface area contributed by atoms with Crippen LogP contribution >= 0.6 is 24.0 Å². The highest BCUT2D eigenvalue weighted by atomic mass is 127. The molecule has 0 bridgehead atoms. The van der Waals surface area contributed by atoms with Crippen LogP contribution in [-0.2, 0) is 12.7 Å². The number of benzene rings is 1. The van der Waals surface area contributed by atoms with Crippen molar-refractivity contribution < 1.29 is 13.2 Å². The van der Waals surface area contributed by atoms with Crippen molar-refractivity contribution in [1.82, 2.24) is 15.5 Å². The van der Waals surface area contributed by atoms with E-state index in [4.69, 9.17) is 0 Å². The van der Waals surface area contributed by atoms with Gasteiger partial charge in [0.25, 0.3) is 0 Å². The lowest BCUT2D eigenvalue weighted by atomic mass is 10.1. The molecule has 0 aliphatic carbocycles. The van der Waals surface area contributed by atoms with Gasteiger partial charge in [-0.2, -0.15) is 13.2 Å². The topological polar surface area (TPSA) is 39.7 Å². The van der Waals surface area contributed by atoms with Crippen LogP contribution in [0.15, 0.2) is 29.3 Å². The fraction of sp³-hybridized carbons (Fsp3) is 0.632. The highest BCUT2D eigenvalue weighted by Gasteiger charge is 2.29. The van der Waals surface area contributed by atoms with E-state index in [9.17, 15) is 13.2 Å². The Hall–Kier alpha value is -1.03. The van der Waals surface area contributed by atoms with E-state index in [1.54, 1.807) is 0 Å². The fourth-order valence-electron chi connectivity index (χ4n) is 2.52. The van der Waals surface area contributed by atoms with Crippen LogP contribution in [0, 0.1) is 0 Å². The summed E-state index contributed by atoms with van der Waals surface area (Å²) in [5.41, 5.74) is 0.111. The molecule has 0 spiro atoms. The molecule has 0 aliphatic rings. The van der Waals surface area contributed by atoms with Crippen LogP contribution in [0.2, 0.25) is 0 Å². The monoisotopic (exact) mass is 500 g/mol. The Kier molecular flexibility index (Phi) is 13.5. The number of nitrogens with one attached hydrogen (secondary N) is 2. The molecule has 0 saturated carbocycles. The van der Waals surface area contributed by atoms with Crippen LogP contribution in [0.1, 0.15) is 44.7 Å². The van der Waals surface area contributed by atoms with Crippen molar-refractivity contribution in [2.75, 3.05) is 32.7 Å². The van der Waals surface area contributed by atoms with Gasteiger partial charge < -0.3 is 15.5 Å². The summed E-state index contributed by atoms with van der Waals surface area (Å²) in [6, 6.07) is 5.14. The molecule has 1 aromatic carbocycles. The van der Waals surface area contributed by atoms with Gasteiger partial charge in [0.05, 0.1) is 12.1 Å². The Bertz CT molecular complexity index is 529. The molecule has 0 atom stereocenters. The average molecular weight is 500 g/mol. The lowest BCUT2D eigenvalue weighted by Crippen LogP contribution is -2.38. The molecule has 0 radical (unpaired) electrons. The number of halogens is 4. The van der Waals surface area contributed by atoms with Gasteiger partial charge in [-0.1, -0.05) is 26.0 Å². The Morgan fingerprint density at radius 3 is 2.15 bits per heavy atom. The van der Waals surface area contributed by atoms with Gasteiger partial charge in [-0.05, 0) is 57.1 Å². The van der Waals surface area contributed by atoms with Gasteiger partial charge in [0, 0.05) is 13.1 Å². The van der Waals surface area contributed by atoms with E-state index in [1.807, 2.05) is 6.92 Å². The van der Waals surface area contributed by atoms with E-state index in [0.717, 1.165) is 63.3 Å². The molecule has 0 heterocycles. The minimum atomic E-state index is -4.30. The molecule has 4 nitrogen and oxygen atoms in total. The zero-order valence-corrected chi connectivity index (χ0v) is 18.7. The highest BCUT2D eigenvalue weighted by Crippen LogP contribution is 2.29. The number of guanidine groups is 1. The van der Waals surface area contributed by atoms with E-state index in [1.165, 1.54) is 12.1 Å². The summed E-state index contributed by atoms with van der Waals surface area (Å²) in [5, 5.41) is 6.44. The summed E-state index contributed by atoms with van der Waals surface area (Å²) in [4.78, 5) is 6.84. The number of rotatable bonds is 10. The maximum atomic E-state index is 12.6. The Labute approximate surface area is 178 Å². The molecule has 1 rings (SSSR count). The molecule has 0 fully saturated rings. The summed E-state index contributed by atoms with van der Waals surface area (Å²) < 4.78 is 37.7. The second-order valence-electron chi connectivity index (χ2n) is 6.05. The Morgan fingerprint density at radius 1 is 1.00 bits per heavy atom. The van der Waals surface area contributed by atoms with Crippen molar-refractivity contribution in [3.63, 3.8) is 0 Å². The van der Waals surface area contributed by atoms with Gasteiger partial charge in [-0.3, -0.25) is 0 Å². The van der Waals surface area contributed by atoms with E-state index < -0.39 is 11.7 Å². The van der Waals surface area contributed by atoms with Crippen LogP contribution < -0.4 is 10.6 Å². The van der Waals surface area contributed by atoms with Crippen molar-refractivity contribution >= 4 is 29.9 Å². The lowest BCUT2D eigenvalue weighted by molar-refractivity contribution is -0.137. The number of hydrogen-bond donors (Lipinski definition) is 2. The smallest absolute Gasteiger partial charge is 0.357 e. The van der Waals surface area contributed by atoms with Gasteiger partial charge in [0.2, 0.25) is 0 Å². The third-order valence-corrected chi connectivity index (χ3v) is 4.13. The molecule has 1 aromatic rings. The molecule has 0 aromatic heterocycles. The largest absolute Gasteiger partial charge is 0.416 e. The lowest BCUT2D eigenvalue weighted by Gasteiger charge is -2.18. The average Bonchev–Trinajstić information content (AvgIpc) is 2.62. The van der Waals surface area contributed by atoms with Crippen LogP contribution in [-0.4, -0.2) is 43.6 Å². The molecular weight excluding hydrogens is 468 g/mol. The summed E-state index contributed by atoms with van der Waals surface area (Å²) >= 11 is 0. The molecule has 27 heavy (non-hydrogen) atoms. The minimum Gasteiger partial charge on any atom is -0.357 e. The quantitative estimate of drug-likeness (QED) is 0.215. The second kappa shape index (κ2) is 14.0. The Balaban J connectivity index is 0.00000676. The van der Waals surface area contributed by atoms with Crippen LogP contribution in [0.4, 0.5) is 13.2 Å². The number of hydrogen-bond acceptors (Lipinski definition) is 2. The number of unbranched alkanes of at least 4 members (excludes halogenated alkanes) is 1. The van der Waals surface area contributed by atoms with Gasteiger partial charge >= 0.3 is 6.18 Å². The van der Waals surface area contributed by atoms with Crippen molar-refractivity contribution in [2.24, 2.45) is 4.99 Å². The first-order valence-corrected chi connectivity index (χ1v) is 9.31. The standard InChI is InChI=1S/C19H31F3N4.HI/c1-4-23-18(24-13-7-8-14-26(5-2)6-3)25-15-16-9-11-17(12-10-16)19(20,21)22;/h9-12H,4-8,13-15H2,1-3H3,(H2,23,24,25);1H. The normalized spacial score (nSPS) is 12.0. The highest BCUT2D eigenvalue weighted by molar-refractivity contribution is 14.0. The molecule has 8 heteroatoms. The maximum absolute atomic E-state index is 12.6. The van der Waals surface area contributed by atoms with E-state index >= 15 is 0 Å². The van der Waals surface area contributed by atoms with Crippen molar-refractivity contribution in [3.8, 4) is 0 Å². The molecular formula is C19H32F3IN4. The van der Waals surface area contributed by atoms with Gasteiger partial charge in [-0.25, -0.2) is 4.99 Å². The van der Waals surface area contributed by atoms with Crippen LogP contribution in [0.3, 0.4) is 0 Å². The zero-order chi connectivity index (χ0) is 19.4. The fourth-order valence-corrected chi connectivity index (χ4v) is 2.52. The summed E-state index contributed by atoms with van der Waals surface area (Å²) in [5.74, 6) is 0.690. The van der Waals surface area contributed by atoms with E-state index in [-0.39, 0.29) is 24.0 Å². The van der Waals surface area contributed by atoms with E-state index in [2.05, 4.69) is 34.4 Å². The number of nitrogens with zero attached hydrogens (tertiary/aromatic N) is 2. The van der Waals surface area contributed by atoms with Crippen LogP contribution in [0.5, 0.6) is 0 Å². The molecule has 0 aliphatic heterocycles. The zero-order valence-electron chi connectivity index (χ0n) is 16.4. The third-order valence-electron chi connectivity index (χ3n) is 4.13. The number of alkyl halides is 3. The minimum absolute atomic E-state index is 0. The van der Waals surface area contributed by atoms with E-state index in [0.29, 0.717) is 12.5 Å². The van der Waals surface area contributed by atoms with Crippen molar-refractivity contribution in [1.29, 1.82) is 0 Å². The van der Waals surface area contributed by atoms with Gasteiger partial charge in [0.15, 0.2) is 5.96 Å². The first-order chi connectivity index (χ1) is 12.4. The first-order valence-electron chi connectivity index (χ1n) is 9.31. The molecule has 156 valence electrons. The third kappa shape index (κ3) is 10.8. The first kappa shape index (κ1) is 26.0. The summed E-state index contributed by atoms with van der Waals surface area (Å²) in [6.45, 7) is 11.4. The van der Waals surface area contributed by atoms with Gasteiger partial charge in [0.1, 0.15) is 0 Å². The summed E-state index contributed by atoms with van der Waals surface area (Å²) in [6.07, 6.45) is -2.14. The van der Waals surface area contributed by atoms with Crippen LogP contribution in [0.25, 0.3) is 0 Å². The summed E-state index contributed by atoms with van der Waals surface area (Å²) in [7, 11) is 0. The second-order valence-corrected chi connectivity index (χ2v) is 6.05. The Morgan fingerprint density at radius 2 is 1.63 bits per heavy atom. The molecule has 0 amide bonds. The predicted molar refractivity (Wildman–Crippen MR) is 117 cm³/mol. The van der Waals surface area contributed by atoms with Gasteiger partial charge in [-0.15, -0.1) is 24.0 Å².